The first-order valence-corrected chi connectivity index (χ1v) is 5.25. The predicted molar refractivity (Wildman–Crippen MR) is 78.1 cm³/mol. The number of aliphatic imine (C=N–C) groups is 1. The van der Waals surface area contributed by atoms with Crippen molar-refractivity contribution in [3.8, 4) is 0 Å². The van der Waals surface area contributed by atoms with Gasteiger partial charge in [0, 0.05) is 25.5 Å². The number of aromatic nitrogens is 1. The number of hydrogen-bond acceptors (Lipinski definition) is 2. The van der Waals surface area contributed by atoms with Crippen LogP contribution in [0.2, 0.25) is 0 Å². The van der Waals surface area contributed by atoms with Gasteiger partial charge in [0.2, 0.25) is 0 Å². The molecule has 0 fully saturated rings. The maximum absolute atomic E-state index is 5.65. The highest BCUT2D eigenvalue weighted by Crippen LogP contribution is 1.94. The molecule has 3 N–H and O–H groups in total. The Morgan fingerprint density at radius 3 is 3.00 bits per heavy atom. The van der Waals surface area contributed by atoms with Gasteiger partial charge < -0.3 is 11.1 Å². The highest BCUT2D eigenvalue weighted by molar-refractivity contribution is 14.0. The molecule has 0 radical (unpaired) electrons. The molecule has 5 heteroatoms. The van der Waals surface area contributed by atoms with Crippen LogP contribution in [0.1, 0.15) is 18.9 Å². The quantitative estimate of drug-likeness (QED) is 0.488. The van der Waals surface area contributed by atoms with Gasteiger partial charge in [-0.05, 0) is 24.5 Å². The lowest BCUT2D eigenvalue weighted by Crippen LogP contribution is -2.33. The summed E-state index contributed by atoms with van der Waals surface area (Å²) in [5.41, 5.74) is 6.85. The summed E-state index contributed by atoms with van der Waals surface area (Å²) in [6, 6.07) is 3.98. The standard InChI is InChI=1S/C11H18N4.HI/c1-2-6-14-11(12)15-8-5-10-4-3-7-13-9-10;/h3-4,7,9H,2,5-6,8H2,1H3,(H3,12,14,15);1H. The van der Waals surface area contributed by atoms with Crippen molar-refractivity contribution in [3.63, 3.8) is 0 Å². The van der Waals surface area contributed by atoms with Crippen LogP contribution in [0.3, 0.4) is 0 Å². The summed E-state index contributed by atoms with van der Waals surface area (Å²) in [6.45, 7) is 3.66. The van der Waals surface area contributed by atoms with Crippen LogP contribution in [0.15, 0.2) is 29.5 Å². The van der Waals surface area contributed by atoms with Crippen LogP contribution in [0.25, 0.3) is 0 Å². The molecule has 0 saturated heterocycles. The SMILES string of the molecule is CCCN=C(N)NCCc1cccnc1.I. The molecule has 1 heterocycles. The zero-order valence-corrected chi connectivity index (χ0v) is 11.8. The van der Waals surface area contributed by atoms with Crippen molar-refractivity contribution in [1.29, 1.82) is 0 Å². The summed E-state index contributed by atoms with van der Waals surface area (Å²) >= 11 is 0. The molecule has 0 aliphatic heterocycles. The normalized spacial score (nSPS) is 10.7. The van der Waals surface area contributed by atoms with Gasteiger partial charge in [-0.3, -0.25) is 9.98 Å². The Morgan fingerprint density at radius 2 is 2.38 bits per heavy atom. The second-order valence-electron chi connectivity index (χ2n) is 3.31. The van der Waals surface area contributed by atoms with E-state index in [0.29, 0.717) is 5.96 Å². The maximum Gasteiger partial charge on any atom is 0.188 e. The second-order valence-corrected chi connectivity index (χ2v) is 3.31. The van der Waals surface area contributed by atoms with Gasteiger partial charge in [0.15, 0.2) is 5.96 Å². The molecular weight excluding hydrogens is 315 g/mol. The van der Waals surface area contributed by atoms with Gasteiger partial charge in [0.25, 0.3) is 0 Å². The van der Waals surface area contributed by atoms with E-state index in [2.05, 4.69) is 22.2 Å². The molecule has 1 rings (SSSR count). The lowest BCUT2D eigenvalue weighted by atomic mass is 10.2. The Kier molecular flexibility index (Phi) is 8.88. The molecule has 0 aliphatic carbocycles. The highest BCUT2D eigenvalue weighted by Gasteiger charge is 1.93. The Bertz CT molecular complexity index is 300. The summed E-state index contributed by atoms with van der Waals surface area (Å²) < 4.78 is 0. The Hall–Kier alpha value is -0.850. The fraction of sp³-hybridized carbons (Fsp3) is 0.455. The van der Waals surface area contributed by atoms with Crippen LogP contribution in [0.5, 0.6) is 0 Å². The van der Waals surface area contributed by atoms with Gasteiger partial charge in [-0.1, -0.05) is 13.0 Å². The first-order chi connectivity index (χ1) is 7.33. The fourth-order valence-corrected chi connectivity index (χ4v) is 1.17. The molecule has 16 heavy (non-hydrogen) atoms. The molecule has 0 aliphatic rings. The first-order valence-electron chi connectivity index (χ1n) is 5.25. The zero-order chi connectivity index (χ0) is 10.9. The number of nitrogens with one attached hydrogen (secondary N) is 1. The Morgan fingerprint density at radius 1 is 1.56 bits per heavy atom. The Labute approximate surface area is 114 Å². The number of halogens is 1. The minimum absolute atomic E-state index is 0. The molecule has 0 bridgehead atoms. The minimum Gasteiger partial charge on any atom is -0.370 e. The van der Waals surface area contributed by atoms with Crippen LogP contribution in [0, 0.1) is 0 Å². The summed E-state index contributed by atoms with van der Waals surface area (Å²) in [4.78, 5) is 8.18. The predicted octanol–water partition coefficient (Wildman–Crippen LogP) is 1.56. The molecule has 0 amide bonds. The van der Waals surface area contributed by atoms with E-state index in [9.17, 15) is 0 Å². The van der Waals surface area contributed by atoms with Gasteiger partial charge >= 0.3 is 0 Å². The van der Waals surface area contributed by atoms with E-state index in [-0.39, 0.29) is 24.0 Å². The molecule has 1 aromatic rings. The molecular formula is C11H19IN4. The van der Waals surface area contributed by atoms with E-state index in [1.165, 1.54) is 5.56 Å². The summed E-state index contributed by atoms with van der Waals surface area (Å²) in [7, 11) is 0. The molecule has 0 unspecified atom stereocenters. The smallest absolute Gasteiger partial charge is 0.188 e. The number of guanidine groups is 1. The van der Waals surface area contributed by atoms with E-state index >= 15 is 0 Å². The van der Waals surface area contributed by atoms with E-state index in [1.54, 1.807) is 6.20 Å². The summed E-state index contributed by atoms with van der Waals surface area (Å²) in [6.07, 6.45) is 5.57. The zero-order valence-electron chi connectivity index (χ0n) is 9.52. The van der Waals surface area contributed by atoms with E-state index < -0.39 is 0 Å². The topological polar surface area (TPSA) is 63.3 Å². The van der Waals surface area contributed by atoms with Crippen molar-refractivity contribution < 1.29 is 0 Å². The molecule has 4 nitrogen and oxygen atoms in total. The van der Waals surface area contributed by atoms with E-state index in [0.717, 1.165) is 25.9 Å². The summed E-state index contributed by atoms with van der Waals surface area (Å²) in [5.74, 6) is 0.528. The molecule has 0 atom stereocenters. The van der Waals surface area contributed by atoms with Gasteiger partial charge in [-0.15, -0.1) is 24.0 Å². The van der Waals surface area contributed by atoms with Crippen molar-refractivity contribution in [1.82, 2.24) is 10.3 Å². The third kappa shape index (κ3) is 6.60. The van der Waals surface area contributed by atoms with Crippen LogP contribution in [0.4, 0.5) is 0 Å². The highest BCUT2D eigenvalue weighted by atomic mass is 127. The average molecular weight is 334 g/mol. The minimum atomic E-state index is 0. The second kappa shape index (κ2) is 9.38. The molecule has 0 aromatic carbocycles. The lowest BCUT2D eigenvalue weighted by Gasteiger charge is -2.04. The largest absolute Gasteiger partial charge is 0.370 e. The number of nitrogens with two attached hydrogens (primary N) is 1. The van der Waals surface area contributed by atoms with Crippen LogP contribution in [-0.2, 0) is 6.42 Å². The van der Waals surface area contributed by atoms with Gasteiger partial charge in [0.1, 0.15) is 0 Å². The first kappa shape index (κ1) is 15.2. The number of nitrogens with zero attached hydrogens (tertiary/aromatic N) is 2. The average Bonchev–Trinajstić information content (AvgIpc) is 2.28. The van der Waals surface area contributed by atoms with Crippen molar-refractivity contribution in [2.75, 3.05) is 13.1 Å². The molecule has 90 valence electrons. The monoisotopic (exact) mass is 334 g/mol. The van der Waals surface area contributed by atoms with Crippen molar-refractivity contribution in [2.24, 2.45) is 10.7 Å². The molecule has 1 aromatic heterocycles. The van der Waals surface area contributed by atoms with Crippen LogP contribution < -0.4 is 11.1 Å². The third-order valence-corrected chi connectivity index (χ3v) is 1.95. The number of pyridine rings is 1. The third-order valence-electron chi connectivity index (χ3n) is 1.95. The lowest BCUT2D eigenvalue weighted by molar-refractivity contribution is 0.836. The summed E-state index contributed by atoms with van der Waals surface area (Å²) in [5, 5.41) is 3.07. The fourth-order valence-electron chi connectivity index (χ4n) is 1.17. The van der Waals surface area contributed by atoms with Crippen molar-refractivity contribution in [2.45, 2.75) is 19.8 Å². The van der Waals surface area contributed by atoms with Crippen LogP contribution in [-0.4, -0.2) is 24.0 Å². The van der Waals surface area contributed by atoms with E-state index in [4.69, 9.17) is 5.73 Å². The number of rotatable bonds is 5. The van der Waals surface area contributed by atoms with Gasteiger partial charge in [-0.2, -0.15) is 0 Å². The van der Waals surface area contributed by atoms with E-state index in [1.807, 2.05) is 18.3 Å². The molecule has 0 spiro atoms. The van der Waals surface area contributed by atoms with Crippen LogP contribution >= 0.6 is 24.0 Å². The van der Waals surface area contributed by atoms with Crippen molar-refractivity contribution in [3.05, 3.63) is 30.1 Å². The van der Waals surface area contributed by atoms with Crippen molar-refractivity contribution >= 4 is 29.9 Å². The van der Waals surface area contributed by atoms with Gasteiger partial charge in [-0.25, -0.2) is 0 Å². The van der Waals surface area contributed by atoms with Gasteiger partial charge in [0.05, 0.1) is 0 Å². The Balaban J connectivity index is 0.00000225. The number of hydrogen-bond donors (Lipinski definition) is 2. The maximum atomic E-state index is 5.65. The molecule has 0 saturated carbocycles.